The zero-order valence-electron chi connectivity index (χ0n) is 12.9. The molecule has 0 atom stereocenters. The third-order valence-electron chi connectivity index (χ3n) is 3.61. The molecule has 2 heterocycles. The lowest BCUT2D eigenvalue weighted by molar-refractivity contribution is 0.183. The van der Waals surface area contributed by atoms with Crippen LogP contribution in [0.3, 0.4) is 0 Å². The minimum absolute atomic E-state index is 0.0986. The Morgan fingerprint density at radius 1 is 1.27 bits per heavy atom. The second kappa shape index (κ2) is 6.16. The van der Waals surface area contributed by atoms with Crippen LogP contribution >= 0.6 is 11.3 Å². The van der Waals surface area contributed by atoms with Crippen molar-refractivity contribution in [2.45, 2.75) is 33.0 Å². The number of ether oxygens (including phenoxy) is 1. The second-order valence-electron chi connectivity index (χ2n) is 5.47. The van der Waals surface area contributed by atoms with E-state index in [1.54, 1.807) is 11.6 Å². The topological polar surface area (TPSA) is 59.7 Å². The Morgan fingerprint density at radius 3 is 2.59 bits per heavy atom. The number of hydrogen-bond donors (Lipinski definition) is 1. The van der Waals surface area contributed by atoms with Crippen molar-refractivity contribution in [2.24, 2.45) is 0 Å². The molecule has 0 spiro atoms. The van der Waals surface area contributed by atoms with E-state index in [0.29, 0.717) is 18.2 Å². The Morgan fingerprint density at radius 2 is 2.00 bits per heavy atom. The summed E-state index contributed by atoms with van der Waals surface area (Å²) in [6, 6.07) is 8.32. The lowest BCUT2D eigenvalue weighted by Gasteiger charge is -2.06. The summed E-state index contributed by atoms with van der Waals surface area (Å²) in [4.78, 5) is 5.41. The minimum Gasteiger partial charge on any atom is -0.390 e. The van der Waals surface area contributed by atoms with Crippen LogP contribution in [0.2, 0.25) is 0 Å². The average Bonchev–Trinajstić information content (AvgIpc) is 3.04. The first-order valence-electron chi connectivity index (χ1n) is 7.21. The number of aromatic nitrogens is 3. The van der Waals surface area contributed by atoms with Gasteiger partial charge in [-0.05, 0) is 11.5 Å². The molecule has 0 amide bonds. The summed E-state index contributed by atoms with van der Waals surface area (Å²) in [5, 5.41) is 15.0. The van der Waals surface area contributed by atoms with Crippen molar-refractivity contribution in [3.8, 4) is 11.3 Å². The van der Waals surface area contributed by atoms with Crippen LogP contribution in [-0.4, -0.2) is 26.8 Å². The molecule has 0 fully saturated rings. The molecule has 0 aliphatic rings. The van der Waals surface area contributed by atoms with Crippen LogP contribution in [-0.2, 0) is 18.0 Å². The Bertz CT molecular complexity index is 775. The largest absolute Gasteiger partial charge is 0.390 e. The van der Waals surface area contributed by atoms with Crippen molar-refractivity contribution in [3.05, 3.63) is 40.5 Å². The molecule has 0 bridgehead atoms. The monoisotopic (exact) mass is 317 g/mol. The fourth-order valence-corrected chi connectivity index (χ4v) is 3.29. The quantitative estimate of drug-likeness (QED) is 0.785. The van der Waals surface area contributed by atoms with E-state index in [1.165, 1.54) is 16.9 Å². The molecule has 5 nitrogen and oxygen atoms in total. The van der Waals surface area contributed by atoms with Crippen molar-refractivity contribution in [1.29, 1.82) is 0 Å². The number of benzene rings is 1. The predicted molar refractivity (Wildman–Crippen MR) is 87.0 cm³/mol. The minimum atomic E-state index is -0.0986. The van der Waals surface area contributed by atoms with E-state index in [-0.39, 0.29) is 6.61 Å². The first-order valence-corrected chi connectivity index (χ1v) is 8.03. The van der Waals surface area contributed by atoms with Gasteiger partial charge in [-0.15, -0.1) is 0 Å². The Kier molecular flexibility index (Phi) is 4.24. The molecule has 22 heavy (non-hydrogen) atoms. The summed E-state index contributed by atoms with van der Waals surface area (Å²) >= 11 is 1.48. The maximum atomic E-state index is 9.72. The SMILES string of the molecule is COCc1nn2c(CO)c(-c3ccc(C(C)C)cc3)nc2s1. The number of nitrogens with zero attached hydrogens (tertiary/aromatic N) is 3. The van der Waals surface area contributed by atoms with Gasteiger partial charge in [0.2, 0.25) is 4.96 Å². The fourth-order valence-electron chi connectivity index (χ4n) is 2.41. The molecule has 0 saturated carbocycles. The third-order valence-corrected chi connectivity index (χ3v) is 4.49. The van der Waals surface area contributed by atoms with Gasteiger partial charge in [-0.2, -0.15) is 5.10 Å². The highest BCUT2D eigenvalue weighted by atomic mass is 32.1. The lowest BCUT2D eigenvalue weighted by atomic mass is 10.0. The summed E-state index contributed by atoms with van der Waals surface area (Å²) in [7, 11) is 1.64. The van der Waals surface area contributed by atoms with Crippen LogP contribution in [0, 0.1) is 0 Å². The van der Waals surface area contributed by atoms with Crippen molar-refractivity contribution in [2.75, 3.05) is 7.11 Å². The zero-order chi connectivity index (χ0) is 15.7. The number of aliphatic hydroxyl groups is 1. The first-order chi connectivity index (χ1) is 10.6. The van der Waals surface area contributed by atoms with Crippen molar-refractivity contribution in [1.82, 2.24) is 14.6 Å². The lowest BCUT2D eigenvalue weighted by Crippen LogP contribution is -1.97. The molecular weight excluding hydrogens is 298 g/mol. The van der Waals surface area contributed by atoms with E-state index in [9.17, 15) is 5.11 Å². The maximum Gasteiger partial charge on any atom is 0.213 e. The van der Waals surface area contributed by atoms with E-state index < -0.39 is 0 Å². The zero-order valence-corrected chi connectivity index (χ0v) is 13.7. The van der Waals surface area contributed by atoms with E-state index in [1.807, 2.05) is 0 Å². The Balaban J connectivity index is 2.04. The molecule has 1 N–H and O–H groups in total. The third kappa shape index (κ3) is 2.65. The summed E-state index contributed by atoms with van der Waals surface area (Å²) in [6.45, 7) is 4.69. The van der Waals surface area contributed by atoms with E-state index in [2.05, 4.69) is 48.2 Å². The molecule has 2 aromatic heterocycles. The van der Waals surface area contributed by atoms with E-state index in [4.69, 9.17) is 4.74 Å². The van der Waals surface area contributed by atoms with Gasteiger partial charge in [-0.1, -0.05) is 49.4 Å². The van der Waals surface area contributed by atoms with Gasteiger partial charge in [0.15, 0.2) is 0 Å². The number of rotatable bonds is 5. The van der Waals surface area contributed by atoms with Gasteiger partial charge < -0.3 is 9.84 Å². The molecule has 116 valence electrons. The Labute approximate surface area is 133 Å². The summed E-state index contributed by atoms with van der Waals surface area (Å²) < 4.78 is 6.81. The van der Waals surface area contributed by atoms with E-state index >= 15 is 0 Å². The Hall–Kier alpha value is -1.76. The summed E-state index contributed by atoms with van der Waals surface area (Å²) in [6.07, 6.45) is 0. The fraction of sp³-hybridized carbons (Fsp3) is 0.375. The van der Waals surface area contributed by atoms with Crippen molar-refractivity contribution in [3.63, 3.8) is 0 Å². The van der Waals surface area contributed by atoms with Gasteiger partial charge in [0.25, 0.3) is 0 Å². The molecule has 0 unspecified atom stereocenters. The highest BCUT2D eigenvalue weighted by Crippen LogP contribution is 2.28. The smallest absolute Gasteiger partial charge is 0.213 e. The molecule has 0 saturated heterocycles. The van der Waals surface area contributed by atoms with Gasteiger partial charge in [-0.25, -0.2) is 9.50 Å². The number of imidazole rings is 1. The average molecular weight is 317 g/mol. The maximum absolute atomic E-state index is 9.72. The standard InChI is InChI=1S/C16H19N3O2S/c1-10(2)11-4-6-12(7-5-11)15-13(8-20)19-16(17-15)22-14(18-19)9-21-3/h4-7,10,20H,8-9H2,1-3H3. The predicted octanol–water partition coefficient (Wildman–Crippen LogP) is 3.22. The molecule has 3 rings (SSSR count). The van der Waals surface area contributed by atoms with Crippen LogP contribution in [0.15, 0.2) is 24.3 Å². The first kappa shape index (κ1) is 15.1. The van der Waals surface area contributed by atoms with Gasteiger partial charge in [0.05, 0.1) is 24.6 Å². The molecule has 0 aliphatic heterocycles. The molecule has 1 aromatic carbocycles. The normalized spacial score (nSPS) is 11.7. The summed E-state index contributed by atoms with van der Waals surface area (Å²) in [5.41, 5.74) is 3.79. The van der Waals surface area contributed by atoms with Crippen LogP contribution in [0.25, 0.3) is 16.2 Å². The second-order valence-corrected chi connectivity index (χ2v) is 6.51. The van der Waals surface area contributed by atoms with Gasteiger partial charge in [-0.3, -0.25) is 0 Å². The number of aliphatic hydroxyl groups excluding tert-OH is 1. The molecule has 0 radical (unpaired) electrons. The molecular formula is C16H19N3O2S. The van der Waals surface area contributed by atoms with Crippen LogP contribution in [0.1, 0.15) is 36.0 Å². The van der Waals surface area contributed by atoms with Crippen LogP contribution < -0.4 is 0 Å². The molecule has 0 aliphatic carbocycles. The molecule has 3 aromatic rings. The highest BCUT2D eigenvalue weighted by molar-refractivity contribution is 7.16. The van der Waals surface area contributed by atoms with Crippen LogP contribution in [0.5, 0.6) is 0 Å². The highest BCUT2D eigenvalue weighted by Gasteiger charge is 2.17. The molecule has 6 heteroatoms. The van der Waals surface area contributed by atoms with Crippen molar-refractivity contribution < 1.29 is 9.84 Å². The van der Waals surface area contributed by atoms with Gasteiger partial charge in [0.1, 0.15) is 5.01 Å². The number of methoxy groups -OCH3 is 1. The van der Waals surface area contributed by atoms with E-state index in [0.717, 1.165) is 21.2 Å². The summed E-state index contributed by atoms with van der Waals surface area (Å²) in [5.74, 6) is 0.495. The number of hydrogen-bond acceptors (Lipinski definition) is 5. The van der Waals surface area contributed by atoms with Crippen LogP contribution in [0.4, 0.5) is 0 Å². The van der Waals surface area contributed by atoms with Gasteiger partial charge in [0, 0.05) is 12.7 Å². The number of fused-ring (bicyclic) bond motifs is 1. The van der Waals surface area contributed by atoms with Gasteiger partial charge >= 0.3 is 0 Å². The van der Waals surface area contributed by atoms with Crippen molar-refractivity contribution >= 4 is 16.3 Å².